The van der Waals surface area contributed by atoms with E-state index in [4.69, 9.17) is 4.74 Å². The second-order valence-electron chi connectivity index (χ2n) is 10.0. The second-order valence-corrected chi connectivity index (χ2v) is 10.0. The fourth-order valence-electron chi connectivity index (χ4n) is 7.35. The van der Waals surface area contributed by atoms with E-state index in [1.165, 1.54) is 6.26 Å². The van der Waals surface area contributed by atoms with E-state index in [9.17, 15) is 24.9 Å². The van der Waals surface area contributed by atoms with Gasteiger partial charge in [-0.15, -0.1) is 0 Å². The molecule has 0 aromatic rings. The zero-order valence-electron chi connectivity index (χ0n) is 17.3. The summed E-state index contributed by atoms with van der Waals surface area (Å²) in [4.78, 5) is 25.9. The molecule has 6 nitrogen and oxygen atoms in total. The molecular weight excluding hydrogens is 372 g/mol. The number of allylic oxidation sites excluding steroid dienone is 1. The Morgan fingerprint density at radius 3 is 2.66 bits per heavy atom. The predicted molar refractivity (Wildman–Crippen MR) is 105 cm³/mol. The Balaban J connectivity index is 1.71. The molecule has 3 saturated carbocycles. The number of hydrogen-bond donors (Lipinski definition) is 3. The molecule has 7 atom stereocenters. The normalized spacial score (nSPS) is 48.8. The Labute approximate surface area is 171 Å². The van der Waals surface area contributed by atoms with Gasteiger partial charge in [-0.05, 0) is 55.4 Å². The molecular formula is C23H32O6. The van der Waals surface area contributed by atoms with Gasteiger partial charge in [0.15, 0.2) is 5.78 Å². The average molecular weight is 405 g/mol. The summed E-state index contributed by atoms with van der Waals surface area (Å²) in [6.45, 7) is 6.82. The first-order chi connectivity index (χ1) is 13.5. The molecule has 0 bridgehead atoms. The lowest BCUT2D eigenvalue weighted by Gasteiger charge is -2.58. The quantitative estimate of drug-likeness (QED) is 0.377. The van der Waals surface area contributed by atoms with E-state index >= 15 is 0 Å². The largest absolute Gasteiger partial charge is 0.467 e. The van der Waals surface area contributed by atoms with Crippen LogP contribution in [-0.4, -0.2) is 44.9 Å². The summed E-state index contributed by atoms with van der Waals surface area (Å²) in [5, 5.41) is 31.3. The maximum atomic E-state index is 13.5. The molecule has 4 aliphatic rings. The zero-order valence-corrected chi connectivity index (χ0v) is 17.3. The van der Waals surface area contributed by atoms with Gasteiger partial charge in [-0.3, -0.25) is 9.59 Å². The first kappa shape index (κ1) is 20.8. The summed E-state index contributed by atoms with van der Waals surface area (Å²) in [7, 11) is 0. The van der Waals surface area contributed by atoms with Crippen molar-refractivity contribution in [1.29, 1.82) is 0 Å². The van der Waals surface area contributed by atoms with Crippen LogP contribution < -0.4 is 0 Å². The molecule has 0 aromatic heterocycles. The minimum Gasteiger partial charge on any atom is -0.467 e. The van der Waals surface area contributed by atoms with Crippen LogP contribution in [0.15, 0.2) is 24.5 Å². The van der Waals surface area contributed by atoms with E-state index in [1.807, 2.05) is 6.92 Å². The standard InChI is InChI=1S/C23H32O6/c1-4-29-22(27)10-9-20(2)14(11-22)5-6-15-16-7-8-23(28,18(26)13-24)21(16,3)12-17(25)19(15)20/h4,11,15-16,19,24,27-28H,1,5-10,12-13H2,2-3H3/t15-,16-,19+,20-,21-,22?,23-/m0/s1. The lowest BCUT2D eigenvalue weighted by molar-refractivity contribution is -0.175. The molecule has 1 unspecified atom stereocenters. The summed E-state index contributed by atoms with van der Waals surface area (Å²) in [5.74, 6) is -1.87. The van der Waals surface area contributed by atoms with Gasteiger partial charge in [0, 0.05) is 24.2 Å². The minimum atomic E-state index is -1.63. The molecule has 3 fully saturated rings. The van der Waals surface area contributed by atoms with Crippen LogP contribution in [0.4, 0.5) is 0 Å². The van der Waals surface area contributed by atoms with E-state index < -0.39 is 29.2 Å². The third-order valence-electron chi connectivity index (χ3n) is 8.88. The highest BCUT2D eigenvalue weighted by molar-refractivity contribution is 5.92. The van der Waals surface area contributed by atoms with Gasteiger partial charge in [0.05, 0.1) is 6.26 Å². The SMILES string of the molecule is C=COC1(O)C=C2CC[C@@H]3[C@H](C(=O)C[C@@]4(C)[C@H]3CC[C@]4(O)C(=O)CO)[C@@]2(C)CC1. The Bertz CT molecular complexity index is 788. The van der Waals surface area contributed by atoms with Gasteiger partial charge in [0.1, 0.15) is 18.0 Å². The smallest absolute Gasteiger partial charge is 0.227 e. The third-order valence-corrected chi connectivity index (χ3v) is 8.88. The molecule has 0 amide bonds. The number of Topliss-reactive ketones (excluding diaryl/α,β-unsaturated/α-hetero) is 2. The van der Waals surface area contributed by atoms with Crippen LogP contribution >= 0.6 is 0 Å². The van der Waals surface area contributed by atoms with Crippen LogP contribution in [0.2, 0.25) is 0 Å². The van der Waals surface area contributed by atoms with E-state index in [-0.39, 0.29) is 35.4 Å². The van der Waals surface area contributed by atoms with Crippen LogP contribution in [0.1, 0.15) is 58.8 Å². The van der Waals surface area contributed by atoms with Gasteiger partial charge in [0.25, 0.3) is 0 Å². The topological polar surface area (TPSA) is 104 Å². The Morgan fingerprint density at radius 1 is 1.28 bits per heavy atom. The second kappa shape index (κ2) is 6.50. The number of fused-ring (bicyclic) bond motifs is 5. The first-order valence-corrected chi connectivity index (χ1v) is 10.7. The summed E-state index contributed by atoms with van der Waals surface area (Å²) in [5.41, 5.74) is -1.75. The van der Waals surface area contributed by atoms with Gasteiger partial charge in [-0.1, -0.05) is 26.0 Å². The average Bonchev–Trinajstić information content (AvgIpc) is 2.93. The molecule has 4 rings (SSSR count). The number of hydrogen-bond acceptors (Lipinski definition) is 6. The molecule has 0 saturated heterocycles. The van der Waals surface area contributed by atoms with Gasteiger partial charge in [-0.25, -0.2) is 0 Å². The van der Waals surface area contributed by atoms with Crippen molar-refractivity contribution in [2.45, 2.75) is 70.2 Å². The van der Waals surface area contributed by atoms with Crippen LogP contribution in [0.3, 0.4) is 0 Å². The molecule has 0 spiro atoms. The van der Waals surface area contributed by atoms with E-state index in [1.54, 1.807) is 6.08 Å². The van der Waals surface area contributed by atoms with Gasteiger partial charge < -0.3 is 20.1 Å². The van der Waals surface area contributed by atoms with Crippen molar-refractivity contribution in [2.75, 3.05) is 6.61 Å². The first-order valence-electron chi connectivity index (χ1n) is 10.7. The molecule has 0 heterocycles. The highest BCUT2D eigenvalue weighted by Gasteiger charge is 2.68. The highest BCUT2D eigenvalue weighted by atomic mass is 16.6. The molecule has 160 valence electrons. The van der Waals surface area contributed by atoms with Crippen molar-refractivity contribution < 1.29 is 29.6 Å². The summed E-state index contributed by atoms with van der Waals surface area (Å²) in [6, 6.07) is 0. The van der Waals surface area contributed by atoms with Gasteiger partial charge >= 0.3 is 0 Å². The van der Waals surface area contributed by atoms with Crippen LogP contribution in [0.5, 0.6) is 0 Å². The molecule has 29 heavy (non-hydrogen) atoms. The molecule has 0 radical (unpaired) electrons. The van der Waals surface area contributed by atoms with Crippen LogP contribution in [0.25, 0.3) is 0 Å². The van der Waals surface area contributed by atoms with Crippen LogP contribution in [0, 0.1) is 28.6 Å². The number of aliphatic hydroxyl groups excluding tert-OH is 1. The van der Waals surface area contributed by atoms with Gasteiger partial charge in [0.2, 0.25) is 5.79 Å². The zero-order chi connectivity index (χ0) is 21.2. The lowest BCUT2D eigenvalue weighted by Crippen LogP contribution is -2.61. The van der Waals surface area contributed by atoms with Crippen molar-refractivity contribution in [3.8, 4) is 0 Å². The van der Waals surface area contributed by atoms with Crippen molar-refractivity contribution in [3.63, 3.8) is 0 Å². The molecule has 6 heteroatoms. The fraction of sp³-hybridized carbons (Fsp3) is 0.739. The predicted octanol–water partition coefficient (Wildman–Crippen LogP) is 2.27. The summed E-state index contributed by atoms with van der Waals surface area (Å²) >= 11 is 0. The fourth-order valence-corrected chi connectivity index (χ4v) is 7.35. The number of carbonyl (C=O) groups is 2. The Kier molecular flexibility index (Phi) is 4.65. The number of ether oxygens (including phenoxy) is 1. The lowest BCUT2D eigenvalue weighted by atomic mass is 9.45. The summed E-state index contributed by atoms with van der Waals surface area (Å²) < 4.78 is 5.34. The number of ketones is 2. The molecule has 0 aliphatic heterocycles. The van der Waals surface area contributed by atoms with E-state index in [0.717, 1.165) is 18.4 Å². The maximum Gasteiger partial charge on any atom is 0.227 e. The van der Waals surface area contributed by atoms with Crippen LogP contribution in [-0.2, 0) is 14.3 Å². The van der Waals surface area contributed by atoms with Crippen molar-refractivity contribution >= 4 is 11.6 Å². The third kappa shape index (κ3) is 2.65. The number of rotatable bonds is 4. The molecule has 0 aromatic carbocycles. The monoisotopic (exact) mass is 404 g/mol. The number of carbonyl (C=O) groups excluding carboxylic acids is 2. The van der Waals surface area contributed by atoms with Crippen molar-refractivity contribution in [2.24, 2.45) is 28.6 Å². The Morgan fingerprint density at radius 2 is 2.00 bits per heavy atom. The van der Waals surface area contributed by atoms with Crippen molar-refractivity contribution in [1.82, 2.24) is 0 Å². The molecule has 4 aliphatic carbocycles. The van der Waals surface area contributed by atoms with E-state index in [0.29, 0.717) is 25.7 Å². The van der Waals surface area contributed by atoms with E-state index in [2.05, 4.69) is 13.5 Å². The maximum absolute atomic E-state index is 13.5. The minimum absolute atomic E-state index is 0.0642. The highest BCUT2D eigenvalue weighted by Crippen LogP contribution is 2.67. The van der Waals surface area contributed by atoms with Crippen molar-refractivity contribution in [3.05, 3.63) is 24.5 Å². The molecule has 3 N–H and O–H groups in total. The number of aliphatic hydroxyl groups is 3. The Hall–Kier alpha value is -1.50. The van der Waals surface area contributed by atoms with Gasteiger partial charge in [-0.2, -0.15) is 0 Å². The summed E-state index contributed by atoms with van der Waals surface area (Å²) in [6.07, 6.45) is 6.73.